The molecule has 0 aliphatic carbocycles. The predicted molar refractivity (Wildman–Crippen MR) is 107 cm³/mol. The van der Waals surface area contributed by atoms with Crippen LogP contribution < -0.4 is 18.5 Å². The van der Waals surface area contributed by atoms with E-state index in [0.717, 1.165) is 0 Å². The van der Waals surface area contributed by atoms with Gasteiger partial charge in [-0.3, -0.25) is 9.52 Å². The number of ether oxygens (including phenoxy) is 2. The third kappa shape index (κ3) is 4.01. The van der Waals surface area contributed by atoms with Crippen molar-refractivity contribution in [3.05, 3.63) is 42.0 Å². The summed E-state index contributed by atoms with van der Waals surface area (Å²) >= 11 is 0. The summed E-state index contributed by atoms with van der Waals surface area (Å²) in [6.07, 6.45) is -0.137. The van der Waals surface area contributed by atoms with Crippen molar-refractivity contribution in [3.63, 3.8) is 0 Å². The van der Waals surface area contributed by atoms with Gasteiger partial charge in [-0.1, -0.05) is 6.07 Å². The number of hydrogen-bond acceptors (Lipinski definition) is 7. The first-order valence-corrected chi connectivity index (χ1v) is 11.6. The van der Waals surface area contributed by atoms with Crippen molar-refractivity contribution >= 4 is 37.3 Å². The van der Waals surface area contributed by atoms with Crippen molar-refractivity contribution in [1.82, 2.24) is 0 Å². The Kier molecular flexibility index (Phi) is 5.46. The van der Waals surface area contributed by atoms with Crippen LogP contribution in [-0.2, 0) is 24.8 Å². The van der Waals surface area contributed by atoms with E-state index >= 15 is 0 Å². The lowest BCUT2D eigenvalue weighted by Crippen LogP contribution is -2.29. The number of hydrogen-bond donors (Lipinski definition) is 1. The highest BCUT2D eigenvalue weighted by Crippen LogP contribution is 2.33. The summed E-state index contributed by atoms with van der Waals surface area (Å²) in [7, 11) is -4.99. The summed E-state index contributed by atoms with van der Waals surface area (Å²) in [5.41, 5.74) is 0.619. The molecule has 0 bridgehead atoms. The van der Waals surface area contributed by atoms with Gasteiger partial charge in [-0.05, 0) is 36.8 Å². The molecule has 1 amide bonds. The second-order valence-electron chi connectivity index (χ2n) is 6.35. The Hall–Kier alpha value is -2.79. The van der Waals surface area contributed by atoms with Crippen LogP contribution in [0.5, 0.6) is 11.5 Å². The summed E-state index contributed by atoms with van der Waals surface area (Å²) in [6, 6.07) is 8.57. The van der Waals surface area contributed by atoms with Crippen LogP contribution in [-0.4, -0.2) is 42.7 Å². The molecule has 9 nitrogen and oxygen atoms in total. The molecule has 1 aliphatic heterocycles. The maximum absolute atomic E-state index is 13.0. The van der Waals surface area contributed by atoms with Gasteiger partial charge in [0.1, 0.15) is 0 Å². The molecule has 11 heteroatoms. The summed E-state index contributed by atoms with van der Waals surface area (Å²) in [4.78, 5) is 11.9. The van der Waals surface area contributed by atoms with E-state index in [1.807, 2.05) is 0 Å². The molecule has 0 radical (unpaired) electrons. The van der Waals surface area contributed by atoms with Crippen molar-refractivity contribution in [1.29, 1.82) is 0 Å². The molecule has 2 aromatic carbocycles. The van der Waals surface area contributed by atoms with Crippen LogP contribution in [0.3, 0.4) is 0 Å². The quantitative estimate of drug-likeness (QED) is 0.728. The largest absolute Gasteiger partial charge is 0.493 e. The van der Waals surface area contributed by atoms with Gasteiger partial charge in [-0.2, -0.15) is 0 Å². The highest BCUT2D eigenvalue weighted by molar-refractivity contribution is 7.94. The molecule has 0 atom stereocenters. The monoisotopic (exact) mass is 440 g/mol. The van der Waals surface area contributed by atoms with Gasteiger partial charge in [0.05, 0.1) is 36.2 Å². The minimum atomic E-state index is -4.07. The maximum atomic E-state index is 13.0. The zero-order chi connectivity index (χ0) is 21.4. The number of carbonyl (C=O) groups is 1. The van der Waals surface area contributed by atoms with E-state index in [2.05, 4.69) is 4.72 Å². The summed E-state index contributed by atoms with van der Waals surface area (Å²) in [5.74, 6) is -0.116. The fraction of sp³-hybridized carbons (Fsp3) is 0.278. The van der Waals surface area contributed by atoms with Crippen LogP contribution in [0.4, 0.5) is 11.4 Å². The molecule has 3 rings (SSSR count). The number of nitrogens with one attached hydrogen (secondary N) is 1. The van der Waals surface area contributed by atoms with E-state index in [1.54, 1.807) is 13.0 Å². The van der Waals surface area contributed by atoms with Crippen LogP contribution in [0.1, 0.15) is 12.0 Å². The van der Waals surface area contributed by atoms with E-state index < -0.39 is 26.0 Å². The molecule has 0 saturated carbocycles. The Labute approximate surface area is 169 Å². The number of carbonyl (C=O) groups excluding carboxylic acids is 1. The molecule has 2 aromatic rings. The summed E-state index contributed by atoms with van der Waals surface area (Å²) < 4.78 is 63.6. The van der Waals surface area contributed by atoms with E-state index in [-0.39, 0.29) is 28.4 Å². The van der Waals surface area contributed by atoms with Crippen molar-refractivity contribution in [2.24, 2.45) is 0 Å². The van der Waals surface area contributed by atoms with Gasteiger partial charge >= 0.3 is 0 Å². The highest BCUT2D eigenvalue weighted by atomic mass is 32.2. The number of methoxy groups -OCH3 is 2. The SMILES string of the molecule is COc1ccc(NS(=O)(=O)c2cc(N3C(=O)CCS3(=O)=O)ccc2C)cc1OC. The number of nitrogens with zero attached hydrogens (tertiary/aromatic N) is 1. The Morgan fingerprint density at radius 1 is 1.03 bits per heavy atom. The number of sulfonamides is 2. The highest BCUT2D eigenvalue weighted by Gasteiger charge is 2.37. The molecule has 1 N–H and O–H groups in total. The van der Waals surface area contributed by atoms with Gasteiger partial charge in [0.2, 0.25) is 15.9 Å². The Morgan fingerprint density at radius 2 is 1.72 bits per heavy atom. The minimum absolute atomic E-state index is 0.00853. The molecular weight excluding hydrogens is 420 g/mol. The molecular formula is C18H20N2O7S2. The van der Waals surface area contributed by atoms with Gasteiger partial charge in [0.25, 0.3) is 10.0 Å². The Morgan fingerprint density at radius 3 is 2.31 bits per heavy atom. The molecule has 0 aromatic heterocycles. The first-order valence-electron chi connectivity index (χ1n) is 8.50. The zero-order valence-corrected chi connectivity index (χ0v) is 17.6. The molecule has 1 aliphatic rings. The van der Waals surface area contributed by atoms with Gasteiger partial charge in [0.15, 0.2) is 11.5 Å². The maximum Gasteiger partial charge on any atom is 0.262 e. The van der Waals surface area contributed by atoms with Gasteiger partial charge in [0, 0.05) is 12.5 Å². The van der Waals surface area contributed by atoms with Crippen LogP contribution in [0.2, 0.25) is 0 Å². The molecule has 0 unspecified atom stereocenters. The molecule has 1 heterocycles. The molecule has 156 valence electrons. The molecule has 0 spiro atoms. The molecule has 1 saturated heterocycles. The smallest absolute Gasteiger partial charge is 0.262 e. The van der Waals surface area contributed by atoms with Gasteiger partial charge < -0.3 is 9.47 Å². The average Bonchev–Trinajstić information content (AvgIpc) is 2.94. The number of rotatable bonds is 6. The number of amides is 1. The summed E-state index contributed by atoms with van der Waals surface area (Å²) in [5, 5.41) is 0. The fourth-order valence-corrected chi connectivity index (χ4v) is 5.75. The van der Waals surface area contributed by atoms with Gasteiger partial charge in [-0.25, -0.2) is 21.1 Å². The van der Waals surface area contributed by atoms with Crippen LogP contribution in [0, 0.1) is 6.92 Å². The van der Waals surface area contributed by atoms with Crippen molar-refractivity contribution in [2.45, 2.75) is 18.2 Å². The lowest BCUT2D eigenvalue weighted by atomic mass is 10.2. The Balaban J connectivity index is 2.00. The molecule has 1 fully saturated rings. The van der Waals surface area contributed by atoms with E-state index in [0.29, 0.717) is 21.4 Å². The fourth-order valence-electron chi connectivity index (χ4n) is 2.98. The lowest BCUT2D eigenvalue weighted by molar-refractivity contribution is -0.116. The minimum Gasteiger partial charge on any atom is -0.493 e. The second kappa shape index (κ2) is 7.56. The predicted octanol–water partition coefficient (Wildman–Crippen LogP) is 1.88. The number of aryl methyl sites for hydroxylation is 1. The van der Waals surface area contributed by atoms with E-state index in [1.165, 1.54) is 44.6 Å². The van der Waals surface area contributed by atoms with Gasteiger partial charge in [-0.15, -0.1) is 0 Å². The first-order chi connectivity index (χ1) is 13.6. The van der Waals surface area contributed by atoms with E-state index in [9.17, 15) is 21.6 Å². The topological polar surface area (TPSA) is 119 Å². The van der Waals surface area contributed by atoms with Crippen molar-refractivity contribution in [3.8, 4) is 11.5 Å². The van der Waals surface area contributed by atoms with E-state index in [4.69, 9.17) is 9.47 Å². The van der Waals surface area contributed by atoms with Crippen LogP contribution >= 0.6 is 0 Å². The first kappa shape index (κ1) is 20.9. The second-order valence-corrected chi connectivity index (χ2v) is 9.94. The third-order valence-corrected chi connectivity index (χ3v) is 7.62. The molecule has 29 heavy (non-hydrogen) atoms. The van der Waals surface area contributed by atoms with Crippen molar-refractivity contribution in [2.75, 3.05) is 29.0 Å². The van der Waals surface area contributed by atoms with Crippen LogP contribution in [0.15, 0.2) is 41.3 Å². The number of anilines is 2. The number of benzene rings is 2. The zero-order valence-electron chi connectivity index (χ0n) is 16.0. The standard InChI is InChI=1S/C18H20N2O7S2/c1-12-4-6-14(20-18(21)8-9-28(20,22)23)11-17(12)29(24,25)19-13-5-7-15(26-2)16(10-13)27-3/h4-7,10-11,19H,8-9H2,1-3H3. The average molecular weight is 440 g/mol. The lowest BCUT2D eigenvalue weighted by Gasteiger charge is -2.18. The van der Waals surface area contributed by atoms with Crippen molar-refractivity contribution < 1.29 is 31.1 Å². The Bertz CT molecular complexity index is 1170. The normalized spacial score (nSPS) is 16.0. The third-order valence-electron chi connectivity index (χ3n) is 4.41. The summed E-state index contributed by atoms with van der Waals surface area (Å²) in [6.45, 7) is 1.58. The van der Waals surface area contributed by atoms with Crippen LogP contribution in [0.25, 0.3) is 0 Å².